The third-order valence-electron chi connectivity index (χ3n) is 3.88. The fourth-order valence-corrected chi connectivity index (χ4v) is 3.91. The Kier molecular flexibility index (Phi) is 3.87. The van der Waals surface area contributed by atoms with Crippen molar-refractivity contribution in [2.45, 2.75) is 24.3 Å². The molecule has 108 valence electrons. The van der Waals surface area contributed by atoms with E-state index in [1.807, 2.05) is 27.0 Å². The minimum absolute atomic E-state index is 0.192. The Morgan fingerprint density at radius 1 is 1.30 bits per heavy atom. The van der Waals surface area contributed by atoms with Crippen molar-refractivity contribution < 1.29 is 8.42 Å². The van der Waals surface area contributed by atoms with Gasteiger partial charge in [-0.15, -0.1) is 0 Å². The molecular weight excluding hydrogens is 274 g/mol. The van der Waals surface area contributed by atoms with Gasteiger partial charge in [-0.3, -0.25) is 4.90 Å². The molecule has 2 rings (SSSR count). The van der Waals surface area contributed by atoms with Crippen LogP contribution in [0.1, 0.15) is 19.4 Å². The van der Waals surface area contributed by atoms with Crippen LogP contribution in [0.2, 0.25) is 0 Å². The van der Waals surface area contributed by atoms with Crippen LogP contribution in [0.15, 0.2) is 29.2 Å². The average molecular weight is 293 g/mol. The first-order valence-corrected chi connectivity index (χ1v) is 7.93. The zero-order valence-corrected chi connectivity index (χ0v) is 12.8. The zero-order chi connectivity index (χ0) is 15.0. The number of benzene rings is 1. The summed E-state index contributed by atoms with van der Waals surface area (Å²) in [7, 11) is -1.53. The molecule has 20 heavy (non-hydrogen) atoms. The van der Waals surface area contributed by atoms with E-state index in [0.29, 0.717) is 25.2 Å². The van der Waals surface area contributed by atoms with Gasteiger partial charge in [0, 0.05) is 25.2 Å². The third-order valence-corrected chi connectivity index (χ3v) is 5.72. The van der Waals surface area contributed by atoms with Crippen molar-refractivity contribution in [1.29, 1.82) is 5.26 Å². The molecule has 1 fully saturated rings. The number of nitrogens with zero attached hydrogens (tertiary/aromatic N) is 3. The number of piperazine rings is 1. The highest BCUT2D eigenvalue weighted by molar-refractivity contribution is 7.89. The molecule has 0 saturated carbocycles. The van der Waals surface area contributed by atoms with Gasteiger partial charge < -0.3 is 0 Å². The molecule has 6 heteroatoms. The highest BCUT2D eigenvalue weighted by Crippen LogP contribution is 2.25. The van der Waals surface area contributed by atoms with Gasteiger partial charge >= 0.3 is 0 Å². The van der Waals surface area contributed by atoms with Gasteiger partial charge in [0.05, 0.1) is 16.5 Å². The van der Waals surface area contributed by atoms with Crippen molar-refractivity contribution in [3.05, 3.63) is 29.8 Å². The van der Waals surface area contributed by atoms with Crippen LogP contribution in [0.5, 0.6) is 0 Å². The highest BCUT2D eigenvalue weighted by Gasteiger charge is 2.37. The van der Waals surface area contributed by atoms with Crippen LogP contribution in [0, 0.1) is 11.3 Å². The van der Waals surface area contributed by atoms with E-state index in [0.717, 1.165) is 0 Å². The van der Waals surface area contributed by atoms with Crippen LogP contribution >= 0.6 is 0 Å². The average Bonchev–Trinajstić information content (AvgIpc) is 2.41. The van der Waals surface area contributed by atoms with Gasteiger partial charge in [0.1, 0.15) is 0 Å². The molecule has 0 amide bonds. The van der Waals surface area contributed by atoms with Crippen LogP contribution in [0.3, 0.4) is 0 Å². The van der Waals surface area contributed by atoms with Crippen LogP contribution in [0.25, 0.3) is 0 Å². The number of nitriles is 1. The standard InChI is InChI=1S/C14H19N3O2S/c1-14(2)11-17(8-7-16(14)3)20(18,19)13-6-4-5-12(9-13)10-15/h4-6,9H,7-8,11H2,1-3H3. The molecule has 0 unspecified atom stereocenters. The van der Waals surface area contributed by atoms with Gasteiger partial charge in [0.25, 0.3) is 0 Å². The van der Waals surface area contributed by atoms with E-state index in [1.54, 1.807) is 18.2 Å². The lowest BCUT2D eigenvalue weighted by Gasteiger charge is -2.44. The van der Waals surface area contributed by atoms with Crippen molar-refractivity contribution in [2.75, 3.05) is 26.7 Å². The maximum Gasteiger partial charge on any atom is 0.243 e. The fourth-order valence-electron chi connectivity index (χ4n) is 2.28. The number of hydrogen-bond donors (Lipinski definition) is 0. The van der Waals surface area contributed by atoms with Crippen molar-refractivity contribution >= 4 is 10.0 Å². The largest absolute Gasteiger partial charge is 0.299 e. The summed E-state index contributed by atoms with van der Waals surface area (Å²) in [5.74, 6) is 0. The lowest BCUT2D eigenvalue weighted by Crippen LogP contribution is -2.58. The van der Waals surface area contributed by atoms with Crippen LogP contribution < -0.4 is 0 Å². The second-order valence-corrected chi connectivity index (χ2v) is 7.65. The first-order valence-electron chi connectivity index (χ1n) is 6.49. The zero-order valence-electron chi connectivity index (χ0n) is 12.0. The van der Waals surface area contributed by atoms with Crippen molar-refractivity contribution in [3.8, 4) is 6.07 Å². The first-order chi connectivity index (χ1) is 9.27. The molecule has 1 saturated heterocycles. The van der Waals surface area contributed by atoms with Gasteiger partial charge in [0.15, 0.2) is 0 Å². The molecule has 1 aromatic rings. The molecule has 1 aliphatic heterocycles. The van der Waals surface area contributed by atoms with Crippen LogP contribution in [-0.2, 0) is 10.0 Å². The summed E-state index contributed by atoms with van der Waals surface area (Å²) in [6.07, 6.45) is 0. The van der Waals surface area contributed by atoms with Gasteiger partial charge in [-0.1, -0.05) is 6.07 Å². The Bertz CT molecular complexity index is 647. The van der Waals surface area contributed by atoms with E-state index in [4.69, 9.17) is 5.26 Å². The minimum atomic E-state index is -3.53. The van der Waals surface area contributed by atoms with Crippen molar-refractivity contribution in [2.24, 2.45) is 0 Å². The Labute approximate surface area is 120 Å². The van der Waals surface area contributed by atoms with Gasteiger partial charge in [-0.05, 0) is 39.1 Å². The number of rotatable bonds is 2. The smallest absolute Gasteiger partial charge is 0.243 e. The SMILES string of the molecule is CN1CCN(S(=O)(=O)c2cccc(C#N)c2)CC1(C)C. The van der Waals surface area contributed by atoms with E-state index in [2.05, 4.69) is 4.90 Å². The molecule has 0 aromatic heterocycles. The minimum Gasteiger partial charge on any atom is -0.299 e. The molecule has 0 bridgehead atoms. The lowest BCUT2D eigenvalue weighted by atomic mass is 10.0. The predicted octanol–water partition coefficient (Wildman–Crippen LogP) is 1.27. The topological polar surface area (TPSA) is 64.4 Å². The third kappa shape index (κ3) is 2.70. The second-order valence-electron chi connectivity index (χ2n) is 5.71. The first kappa shape index (κ1) is 15.0. The summed E-state index contributed by atoms with van der Waals surface area (Å²) >= 11 is 0. The second kappa shape index (κ2) is 5.17. The van der Waals surface area contributed by atoms with Crippen LogP contribution in [0.4, 0.5) is 0 Å². The van der Waals surface area contributed by atoms with E-state index >= 15 is 0 Å². The fraction of sp³-hybridized carbons (Fsp3) is 0.500. The Hall–Kier alpha value is -1.42. The Morgan fingerprint density at radius 2 is 2.00 bits per heavy atom. The van der Waals surface area contributed by atoms with E-state index in [1.165, 1.54) is 10.4 Å². The Morgan fingerprint density at radius 3 is 2.60 bits per heavy atom. The van der Waals surface area contributed by atoms with E-state index < -0.39 is 10.0 Å². The normalized spacial score (nSPS) is 20.5. The highest BCUT2D eigenvalue weighted by atomic mass is 32.2. The monoisotopic (exact) mass is 293 g/mol. The van der Waals surface area contributed by atoms with Crippen molar-refractivity contribution in [1.82, 2.24) is 9.21 Å². The predicted molar refractivity (Wildman–Crippen MR) is 76.6 cm³/mol. The molecular formula is C14H19N3O2S. The Balaban J connectivity index is 2.34. The molecule has 0 N–H and O–H groups in total. The summed E-state index contributed by atoms with van der Waals surface area (Å²) in [4.78, 5) is 2.35. The van der Waals surface area contributed by atoms with E-state index in [9.17, 15) is 8.42 Å². The quantitative estimate of drug-likeness (QED) is 0.824. The number of likely N-dealkylation sites (N-methyl/N-ethyl adjacent to an activating group) is 1. The van der Waals surface area contributed by atoms with E-state index in [-0.39, 0.29) is 10.4 Å². The maximum absolute atomic E-state index is 12.6. The van der Waals surface area contributed by atoms with Gasteiger partial charge in [0.2, 0.25) is 10.0 Å². The molecule has 1 heterocycles. The maximum atomic E-state index is 12.6. The molecule has 1 aliphatic rings. The number of hydrogen-bond acceptors (Lipinski definition) is 4. The molecule has 1 aromatic carbocycles. The molecule has 0 atom stereocenters. The molecule has 0 aliphatic carbocycles. The van der Waals surface area contributed by atoms with Gasteiger partial charge in [-0.25, -0.2) is 8.42 Å². The molecule has 5 nitrogen and oxygen atoms in total. The van der Waals surface area contributed by atoms with Crippen molar-refractivity contribution in [3.63, 3.8) is 0 Å². The summed E-state index contributed by atoms with van der Waals surface area (Å²) in [5, 5.41) is 8.89. The van der Waals surface area contributed by atoms with Crippen LogP contribution in [-0.4, -0.2) is 49.8 Å². The summed E-state index contributed by atoms with van der Waals surface area (Å²) in [6.45, 7) is 5.67. The number of sulfonamides is 1. The summed E-state index contributed by atoms with van der Waals surface area (Å²) < 4.78 is 26.8. The summed E-state index contributed by atoms with van der Waals surface area (Å²) in [6, 6.07) is 8.16. The van der Waals surface area contributed by atoms with Gasteiger partial charge in [-0.2, -0.15) is 9.57 Å². The lowest BCUT2D eigenvalue weighted by molar-refractivity contribution is 0.0801. The molecule has 0 spiro atoms. The summed E-state index contributed by atoms with van der Waals surface area (Å²) in [5.41, 5.74) is 0.164. The molecule has 0 radical (unpaired) electrons.